The van der Waals surface area contributed by atoms with Crippen molar-refractivity contribution >= 4 is 21.9 Å². The Kier molecular flexibility index (Phi) is 6.03. The van der Waals surface area contributed by atoms with Crippen LogP contribution >= 0.6 is 15.9 Å². The zero-order valence-electron chi connectivity index (χ0n) is 9.35. The normalized spacial score (nSPS) is 10.5. The second-order valence-corrected chi connectivity index (χ2v) is 4.00. The van der Waals surface area contributed by atoms with E-state index in [1.165, 1.54) is 6.20 Å². The number of hydrogen-bond acceptors (Lipinski definition) is 5. The molecule has 1 aromatic heterocycles. The first kappa shape index (κ1) is 14.0. The van der Waals surface area contributed by atoms with Crippen molar-refractivity contribution in [1.29, 1.82) is 0 Å². The number of aromatic carboxylic acids is 1. The quantitative estimate of drug-likeness (QED) is 0.761. The molecule has 0 aliphatic rings. The summed E-state index contributed by atoms with van der Waals surface area (Å²) in [5, 5.41) is 8.86. The maximum absolute atomic E-state index is 10.8. The highest BCUT2D eigenvalue weighted by Gasteiger charge is 2.11. The molecule has 94 valence electrons. The van der Waals surface area contributed by atoms with Gasteiger partial charge in [-0.25, -0.2) is 14.8 Å². The molecule has 1 rings (SSSR count). The molecule has 0 aliphatic heterocycles. The first-order valence-electron chi connectivity index (χ1n) is 4.96. The van der Waals surface area contributed by atoms with Gasteiger partial charge in [-0.05, 0) is 15.9 Å². The van der Waals surface area contributed by atoms with Crippen LogP contribution < -0.4 is 0 Å². The molecule has 7 heteroatoms. The SMILES string of the molecule is COCCOCCc1ncc(Br)c(C(=O)O)n1. The van der Waals surface area contributed by atoms with E-state index < -0.39 is 5.97 Å². The van der Waals surface area contributed by atoms with E-state index in [1.807, 2.05) is 0 Å². The Labute approximate surface area is 107 Å². The molecule has 0 unspecified atom stereocenters. The van der Waals surface area contributed by atoms with Crippen molar-refractivity contribution in [2.45, 2.75) is 6.42 Å². The van der Waals surface area contributed by atoms with Crippen molar-refractivity contribution in [1.82, 2.24) is 9.97 Å². The Balaban J connectivity index is 2.49. The first-order valence-corrected chi connectivity index (χ1v) is 5.76. The molecule has 1 heterocycles. The van der Waals surface area contributed by atoms with Crippen LogP contribution in [0, 0.1) is 0 Å². The summed E-state index contributed by atoms with van der Waals surface area (Å²) in [6.45, 7) is 1.46. The van der Waals surface area contributed by atoms with Crippen LogP contribution in [0.15, 0.2) is 10.7 Å². The monoisotopic (exact) mass is 304 g/mol. The van der Waals surface area contributed by atoms with Gasteiger partial charge < -0.3 is 14.6 Å². The van der Waals surface area contributed by atoms with Crippen LogP contribution in [-0.4, -0.2) is 48.0 Å². The Bertz CT molecular complexity index is 387. The van der Waals surface area contributed by atoms with Gasteiger partial charge in [0.25, 0.3) is 0 Å². The summed E-state index contributed by atoms with van der Waals surface area (Å²) >= 11 is 3.08. The lowest BCUT2D eigenvalue weighted by molar-refractivity contribution is 0.0683. The van der Waals surface area contributed by atoms with Crippen molar-refractivity contribution in [3.63, 3.8) is 0 Å². The van der Waals surface area contributed by atoms with Crippen molar-refractivity contribution in [2.75, 3.05) is 26.9 Å². The van der Waals surface area contributed by atoms with Crippen LogP contribution in [0.25, 0.3) is 0 Å². The maximum Gasteiger partial charge on any atom is 0.355 e. The van der Waals surface area contributed by atoms with Gasteiger partial charge in [-0.1, -0.05) is 0 Å². The summed E-state index contributed by atoms with van der Waals surface area (Å²) in [4.78, 5) is 18.7. The summed E-state index contributed by atoms with van der Waals surface area (Å²) in [6.07, 6.45) is 1.90. The third kappa shape index (κ3) is 4.76. The van der Waals surface area contributed by atoms with E-state index in [0.717, 1.165) is 0 Å². The van der Waals surface area contributed by atoms with Crippen LogP contribution in [0.1, 0.15) is 16.3 Å². The van der Waals surface area contributed by atoms with E-state index in [2.05, 4.69) is 25.9 Å². The van der Waals surface area contributed by atoms with Crippen LogP contribution in [-0.2, 0) is 15.9 Å². The second-order valence-electron chi connectivity index (χ2n) is 3.14. The summed E-state index contributed by atoms with van der Waals surface area (Å²) in [7, 11) is 1.60. The fourth-order valence-electron chi connectivity index (χ4n) is 1.08. The lowest BCUT2D eigenvalue weighted by atomic mass is 10.3. The lowest BCUT2D eigenvalue weighted by Gasteiger charge is -2.04. The van der Waals surface area contributed by atoms with Crippen molar-refractivity contribution in [2.24, 2.45) is 0 Å². The molecule has 0 bridgehead atoms. The molecule has 1 aromatic rings. The molecule has 0 saturated carbocycles. The van der Waals surface area contributed by atoms with Gasteiger partial charge in [0.1, 0.15) is 5.82 Å². The van der Waals surface area contributed by atoms with Crippen molar-refractivity contribution in [3.8, 4) is 0 Å². The molecule has 0 aliphatic carbocycles. The number of nitrogens with zero attached hydrogens (tertiary/aromatic N) is 2. The molecule has 0 radical (unpaired) electrons. The zero-order valence-corrected chi connectivity index (χ0v) is 10.9. The third-order valence-corrected chi connectivity index (χ3v) is 2.48. The highest BCUT2D eigenvalue weighted by Crippen LogP contribution is 2.13. The van der Waals surface area contributed by atoms with Crippen LogP contribution in [0.5, 0.6) is 0 Å². The summed E-state index contributed by atoms with van der Waals surface area (Å²) in [6, 6.07) is 0. The van der Waals surface area contributed by atoms with Crippen LogP contribution in [0.4, 0.5) is 0 Å². The van der Waals surface area contributed by atoms with Crippen molar-refractivity contribution < 1.29 is 19.4 Å². The van der Waals surface area contributed by atoms with Gasteiger partial charge in [0.15, 0.2) is 5.69 Å². The minimum absolute atomic E-state index is 0.0353. The maximum atomic E-state index is 10.8. The number of ether oxygens (including phenoxy) is 2. The second kappa shape index (κ2) is 7.31. The van der Waals surface area contributed by atoms with Gasteiger partial charge in [-0.15, -0.1) is 0 Å². The highest BCUT2D eigenvalue weighted by atomic mass is 79.9. The molecule has 0 atom stereocenters. The van der Waals surface area contributed by atoms with Gasteiger partial charge in [-0.3, -0.25) is 0 Å². The average Bonchev–Trinajstić information content (AvgIpc) is 2.30. The summed E-state index contributed by atoms with van der Waals surface area (Å²) in [5.74, 6) is -0.635. The van der Waals surface area contributed by atoms with E-state index in [-0.39, 0.29) is 5.69 Å². The number of aromatic nitrogens is 2. The number of halogens is 1. The van der Waals surface area contributed by atoms with Gasteiger partial charge in [0.2, 0.25) is 0 Å². The fourth-order valence-corrected chi connectivity index (χ4v) is 1.44. The van der Waals surface area contributed by atoms with E-state index in [9.17, 15) is 4.79 Å². The van der Waals surface area contributed by atoms with Gasteiger partial charge in [0.05, 0.1) is 24.3 Å². The van der Waals surface area contributed by atoms with Crippen molar-refractivity contribution in [3.05, 3.63) is 22.2 Å². The Morgan fingerprint density at radius 2 is 2.24 bits per heavy atom. The van der Waals surface area contributed by atoms with Gasteiger partial charge in [0, 0.05) is 19.7 Å². The number of carboxylic acid groups (broad SMARTS) is 1. The number of carboxylic acids is 1. The molecule has 1 N–H and O–H groups in total. The predicted octanol–water partition coefficient (Wildman–Crippen LogP) is 1.14. The van der Waals surface area contributed by atoms with Crippen LogP contribution in [0.2, 0.25) is 0 Å². The highest BCUT2D eigenvalue weighted by molar-refractivity contribution is 9.10. The van der Waals surface area contributed by atoms with Crippen LogP contribution in [0.3, 0.4) is 0 Å². The third-order valence-electron chi connectivity index (χ3n) is 1.90. The number of carbonyl (C=O) groups is 1. The Hall–Kier alpha value is -1.05. The van der Waals surface area contributed by atoms with E-state index in [1.54, 1.807) is 7.11 Å². The minimum atomic E-state index is -1.08. The van der Waals surface area contributed by atoms with E-state index in [0.29, 0.717) is 36.5 Å². The molecule has 0 amide bonds. The molecule has 6 nitrogen and oxygen atoms in total. The number of methoxy groups -OCH3 is 1. The molecule has 0 fully saturated rings. The first-order chi connectivity index (χ1) is 8.15. The summed E-state index contributed by atoms with van der Waals surface area (Å²) < 4.78 is 10.4. The fraction of sp³-hybridized carbons (Fsp3) is 0.500. The number of hydrogen-bond donors (Lipinski definition) is 1. The number of rotatable bonds is 7. The zero-order chi connectivity index (χ0) is 12.7. The molecule has 0 spiro atoms. The van der Waals surface area contributed by atoms with Gasteiger partial charge in [-0.2, -0.15) is 0 Å². The van der Waals surface area contributed by atoms with Gasteiger partial charge >= 0.3 is 5.97 Å². The minimum Gasteiger partial charge on any atom is -0.476 e. The molecular formula is C10H13BrN2O4. The predicted molar refractivity (Wildman–Crippen MR) is 63.1 cm³/mol. The topological polar surface area (TPSA) is 81.5 Å². The molecule has 0 saturated heterocycles. The standard InChI is InChI=1S/C10H13BrN2O4/c1-16-4-5-17-3-2-8-12-6-7(11)9(13-8)10(14)15/h6H,2-5H2,1H3,(H,14,15). The molecule has 0 aromatic carbocycles. The smallest absolute Gasteiger partial charge is 0.355 e. The lowest BCUT2D eigenvalue weighted by Crippen LogP contribution is -2.10. The van der Waals surface area contributed by atoms with E-state index in [4.69, 9.17) is 14.6 Å². The van der Waals surface area contributed by atoms with E-state index >= 15 is 0 Å². The molecule has 17 heavy (non-hydrogen) atoms. The Morgan fingerprint density at radius 3 is 2.88 bits per heavy atom. The average molecular weight is 305 g/mol. The summed E-state index contributed by atoms with van der Waals surface area (Å²) in [5.41, 5.74) is -0.0353. The molecular weight excluding hydrogens is 292 g/mol. The Morgan fingerprint density at radius 1 is 1.47 bits per heavy atom. The largest absolute Gasteiger partial charge is 0.476 e.